The number of nitrogens with two attached hydrogens (primary N) is 2. The molecule has 1 saturated carbocycles. The number of rotatable bonds is 4. The normalized spacial score (nSPS) is 40.6. The molecule has 4 N–H and O–H groups in total. The van der Waals surface area contributed by atoms with Crippen molar-refractivity contribution >= 4 is 57.6 Å². The van der Waals surface area contributed by atoms with Crippen LogP contribution in [0.3, 0.4) is 0 Å². The summed E-state index contributed by atoms with van der Waals surface area (Å²) in [5.41, 5.74) is 15.0. The zero-order chi connectivity index (χ0) is 21.4. The van der Waals surface area contributed by atoms with Gasteiger partial charge in [-0.2, -0.15) is 25.3 Å². The van der Waals surface area contributed by atoms with E-state index in [-0.39, 0.29) is 19.1 Å². The fourth-order valence-electron chi connectivity index (χ4n) is 5.05. The van der Waals surface area contributed by atoms with Gasteiger partial charge in [0.25, 0.3) is 0 Å². The van der Waals surface area contributed by atoms with Crippen molar-refractivity contribution in [2.45, 2.75) is 110 Å². The second-order valence-corrected chi connectivity index (χ2v) is 36.9. The van der Waals surface area contributed by atoms with Crippen LogP contribution < -0.4 is 11.5 Å². The Bertz CT molecular complexity index is 463. The van der Waals surface area contributed by atoms with Gasteiger partial charge in [0.1, 0.15) is 0 Å². The molecule has 0 aromatic heterocycles. The first-order chi connectivity index (χ1) is 10.9. The first-order valence-electron chi connectivity index (χ1n) is 9.94. The second kappa shape index (κ2) is 6.49. The highest BCUT2D eigenvalue weighted by molar-refractivity contribution is 7.85. The monoisotopic (exact) mass is 466 g/mol. The van der Waals surface area contributed by atoms with E-state index in [4.69, 9.17) is 36.7 Å². The Hall–Kier alpha value is 1.49. The molecule has 4 unspecified atom stereocenters. The highest BCUT2D eigenvalue weighted by atomic mass is 32.1. The summed E-state index contributed by atoms with van der Waals surface area (Å²) >= 11 is 11.0. The van der Waals surface area contributed by atoms with Crippen LogP contribution in [0.4, 0.5) is 0 Å². The van der Waals surface area contributed by atoms with Crippen LogP contribution in [0.1, 0.15) is 12.8 Å². The Labute approximate surface area is 178 Å². The first kappa shape index (κ1) is 25.5. The topological polar surface area (TPSA) is 52.0 Å². The lowest BCUT2D eigenvalue weighted by molar-refractivity contribution is 0.271. The Kier molecular flexibility index (Phi) is 6.37. The summed E-state index contributed by atoms with van der Waals surface area (Å²) in [6.45, 7) is 29.2. The second-order valence-electron chi connectivity index (χ2n) is 13.0. The van der Waals surface area contributed by atoms with E-state index in [0.29, 0.717) is 0 Å². The van der Waals surface area contributed by atoms with Crippen molar-refractivity contribution in [3.8, 4) is 0 Å². The smallest absolute Gasteiger partial charge is 0.0686 e. The maximum Gasteiger partial charge on any atom is 0.0686 e. The van der Waals surface area contributed by atoms with Gasteiger partial charge in [0.2, 0.25) is 0 Å². The van der Waals surface area contributed by atoms with Gasteiger partial charge >= 0.3 is 0 Å². The summed E-state index contributed by atoms with van der Waals surface area (Å²) in [6.07, 6.45) is 1.84. The van der Waals surface area contributed by atoms with Gasteiger partial charge in [-0.3, -0.25) is 0 Å². The minimum atomic E-state index is -1.75. The van der Waals surface area contributed by atoms with E-state index in [1.165, 1.54) is 0 Å². The molecule has 0 aromatic carbocycles. The summed E-state index contributed by atoms with van der Waals surface area (Å²) in [5, 5.41) is -0.531. The Morgan fingerprint density at radius 2 is 0.692 bits per heavy atom. The van der Waals surface area contributed by atoms with E-state index in [1.54, 1.807) is 0 Å². The zero-order valence-electron chi connectivity index (χ0n) is 19.5. The molecule has 0 bridgehead atoms. The first-order valence-corrected chi connectivity index (χ1v) is 24.8. The van der Waals surface area contributed by atoms with Gasteiger partial charge in [0.05, 0.1) is 32.3 Å². The predicted molar refractivity (Wildman–Crippen MR) is 140 cm³/mol. The molecule has 1 fully saturated rings. The number of hydrogen-bond donors (Lipinski definition) is 4. The third-order valence-electron chi connectivity index (χ3n) is 7.70. The zero-order valence-corrected chi connectivity index (χ0v) is 25.3. The third kappa shape index (κ3) is 3.36. The summed E-state index contributed by atoms with van der Waals surface area (Å²) in [5.74, 6) is 0. The minimum Gasteiger partial charge on any atom is -0.327 e. The van der Waals surface area contributed by atoms with E-state index in [1.807, 2.05) is 0 Å². The summed E-state index contributed by atoms with van der Waals surface area (Å²) in [4.78, 5) is 0. The third-order valence-corrected chi connectivity index (χ3v) is 26.5. The van der Waals surface area contributed by atoms with Crippen LogP contribution in [-0.2, 0) is 0 Å². The fraction of sp³-hybridized carbons (Fsp3) is 1.00. The molecule has 0 aromatic rings. The van der Waals surface area contributed by atoms with Crippen LogP contribution >= 0.6 is 25.3 Å². The van der Waals surface area contributed by atoms with Crippen LogP contribution in [-0.4, -0.2) is 51.4 Å². The lowest BCUT2D eigenvalue weighted by Crippen LogP contribution is -2.91. The molecule has 0 aliphatic heterocycles. The average molecular weight is 467 g/mol. The summed E-state index contributed by atoms with van der Waals surface area (Å²) in [6, 6.07) is 0. The summed E-state index contributed by atoms with van der Waals surface area (Å²) in [7, 11) is -6.93. The molecular formula is C18H46N2S2Si4. The van der Waals surface area contributed by atoms with Crippen LogP contribution in [0.15, 0.2) is 0 Å². The van der Waals surface area contributed by atoms with Gasteiger partial charge in [0, 0.05) is 19.1 Å². The van der Waals surface area contributed by atoms with Crippen molar-refractivity contribution in [3.63, 3.8) is 0 Å². The fourth-order valence-corrected chi connectivity index (χ4v) is 21.6. The van der Waals surface area contributed by atoms with E-state index in [9.17, 15) is 0 Å². The Morgan fingerprint density at radius 3 is 0.808 bits per heavy atom. The van der Waals surface area contributed by atoms with E-state index >= 15 is 0 Å². The molecule has 156 valence electrons. The highest BCUT2D eigenvalue weighted by Gasteiger charge is 2.74. The largest absolute Gasteiger partial charge is 0.327 e. The molecule has 4 atom stereocenters. The summed E-state index contributed by atoms with van der Waals surface area (Å²) < 4.78 is -0.350. The molecule has 26 heavy (non-hydrogen) atoms. The molecule has 8 heteroatoms. The Balaban J connectivity index is 3.94. The lowest BCUT2D eigenvalue weighted by Gasteiger charge is -2.72. The van der Waals surface area contributed by atoms with Crippen molar-refractivity contribution in [1.82, 2.24) is 0 Å². The minimum absolute atomic E-state index is 0.175. The van der Waals surface area contributed by atoms with Crippen molar-refractivity contribution in [2.75, 3.05) is 0 Å². The molecule has 1 aliphatic carbocycles. The molecule has 0 saturated heterocycles. The number of thiol groups is 2. The Morgan fingerprint density at radius 1 is 0.500 bits per heavy atom. The molecule has 1 rings (SSSR count). The predicted octanol–water partition coefficient (Wildman–Crippen LogP) is 5.02. The molecule has 0 radical (unpaired) electrons. The molecule has 0 amide bonds. The quantitative estimate of drug-likeness (QED) is 0.347. The lowest BCUT2D eigenvalue weighted by atomic mass is 9.87. The highest BCUT2D eigenvalue weighted by Crippen LogP contribution is 2.61. The molecule has 0 spiro atoms. The van der Waals surface area contributed by atoms with Gasteiger partial charge in [-0.15, -0.1) is 0 Å². The van der Waals surface area contributed by atoms with Gasteiger partial charge in [-0.25, -0.2) is 0 Å². The van der Waals surface area contributed by atoms with E-state index in [0.717, 1.165) is 12.8 Å². The van der Waals surface area contributed by atoms with Gasteiger partial charge in [0.15, 0.2) is 0 Å². The molecule has 0 heterocycles. The average Bonchev–Trinajstić information content (AvgIpc) is 2.30. The van der Waals surface area contributed by atoms with Crippen molar-refractivity contribution in [1.29, 1.82) is 0 Å². The maximum absolute atomic E-state index is 7.49. The van der Waals surface area contributed by atoms with Gasteiger partial charge < -0.3 is 11.5 Å². The molecular weight excluding hydrogens is 421 g/mol. The molecule has 1 aliphatic rings. The van der Waals surface area contributed by atoms with Crippen molar-refractivity contribution in [2.24, 2.45) is 11.5 Å². The SMILES string of the molecule is C[Si](C)(C)C1(N)CC(S)([Si](C)(C)C)C(N)([Si](C)(C)C)CC1(S)[Si](C)(C)C. The van der Waals surface area contributed by atoms with Crippen molar-refractivity contribution in [3.05, 3.63) is 0 Å². The van der Waals surface area contributed by atoms with Crippen LogP contribution in [0, 0.1) is 0 Å². The van der Waals surface area contributed by atoms with Crippen LogP contribution in [0.5, 0.6) is 0 Å². The van der Waals surface area contributed by atoms with Crippen LogP contribution in [0.2, 0.25) is 78.6 Å². The van der Waals surface area contributed by atoms with Crippen LogP contribution in [0.25, 0.3) is 0 Å². The van der Waals surface area contributed by atoms with Gasteiger partial charge in [-0.1, -0.05) is 78.6 Å². The van der Waals surface area contributed by atoms with Gasteiger partial charge in [-0.05, 0) is 12.8 Å². The van der Waals surface area contributed by atoms with E-state index < -0.39 is 32.3 Å². The van der Waals surface area contributed by atoms with E-state index in [2.05, 4.69) is 78.6 Å². The maximum atomic E-state index is 7.49. The van der Waals surface area contributed by atoms with Crippen molar-refractivity contribution < 1.29 is 0 Å². The molecule has 2 nitrogen and oxygen atoms in total. The standard InChI is InChI=1S/C18H46N2S2Si4/c1-23(2,3)15(19)13-18(22,26(10,11)12)16(20,24(4,5)6)14-17(15,21)25(7,8)9/h21-22H,13-14,19-20H2,1-12H3. The number of hydrogen-bond acceptors (Lipinski definition) is 4.